The highest BCUT2D eigenvalue weighted by atomic mass is 16.4. The van der Waals surface area contributed by atoms with Crippen LogP contribution in [0.15, 0.2) is 24.5 Å². The molecule has 0 radical (unpaired) electrons. The summed E-state index contributed by atoms with van der Waals surface area (Å²) in [6.45, 7) is 4.29. The summed E-state index contributed by atoms with van der Waals surface area (Å²) < 4.78 is 0. The van der Waals surface area contributed by atoms with Crippen molar-refractivity contribution in [1.29, 1.82) is 0 Å². The molecule has 2 aromatic rings. The van der Waals surface area contributed by atoms with Crippen LogP contribution in [0.5, 0.6) is 0 Å². The lowest BCUT2D eigenvalue weighted by Crippen LogP contribution is -2.13. The average molecular weight is 300 g/mol. The summed E-state index contributed by atoms with van der Waals surface area (Å²) in [5, 5.41) is 12.4. The monoisotopic (exact) mass is 300 g/mol. The van der Waals surface area contributed by atoms with Crippen molar-refractivity contribution < 1.29 is 9.90 Å². The summed E-state index contributed by atoms with van der Waals surface area (Å²) in [5.74, 6) is -0.261. The number of benzene rings is 1. The van der Waals surface area contributed by atoms with Gasteiger partial charge < -0.3 is 15.3 Å². The second kappa shape index (κ2) is 6.43. The molecule has 2 N–H and O–H groups in total. The number of nitrogens with zero attached hydrogens (tertiary/aromatic N) is 3. The molecular weight excluding hydrogens is 280 g/mol. The first-order valence-corrected chi connectivity index (χ1v) is 6.95. The van der Waals surface area contributed by atoms with Gasteiger partial charge in [0.1, 0.15) is 0 Å². The molecule has 0 saturated heterocycles. The number of carboxylic acid groups (broad SMARTS) is 1. The standard InChI is InChI=1S/C16H20N4O2/c1-10-5-11(2)14(6-13(10)15(21)22)17-7-12-8-18-16(19-9-12)20(3)4/h5-6,8-9,17H,7H2,1-4H3,(H,21,22). The third-order valence-electron chi connectivity index (χ3n) is 3.38. The van der Waals surface area contributed by atoms with Gasteiger partial charge in [-0.3, -0.25) is 0 Å². The van der Waals surface area contributed by atoms with Crippen LogP contribution in [-0.4, -0.2) is 35.1 Å². The quantitative estimate of drug-likeness (QED) is 0.883. The van der Waals surface area contributed by atoms with Crippen molar-refractivity contribution in [3.05, 3.63) is 46.8 Å². The molecule has 0 bridgehead atoms. The molecule has 0 fully saturated rings. The predicted molar refractivity (Wildman–Crippen MR) is 86.6 cm³/mol. The molecular formula is C16H20N4O2. The Morgan fingerprint density at radius 1 is 1.18 bits per heavy atom. The van der Waals surface area contributed by atoms with Gasteiger partial charge in [0.15, 0.2) is 0 Å². The van der Waals surface area contributed by atoms with E-state index in [1.807, 2.05) is 32.0 Å². The molecule has 2 rings (SSSR count). The number of anilines is 2. The van der Waals surface area contributed by atoms with Crippen LogP contribution in [0.2, 0.25) is 0 Å². The molecule has 0 aliphatic rings. The van der Waals surface area contributed by atoms with Crippen molar-refractivity contribution >= 4 is 17.6 Å². The zero-order chi connectivity index (χ0) is 16.3. The van der Waals surface area contributed by atoms with Crippen molar-refractivity contribution in [2.75, 3.05) is 24.3 Å². The highest BCUT2D eigenvalue weighted by Gasteiger charge is 2.10. The maximum absolute atomic E-state index is 11.2. The third kappa shape index (κ3) is 3.52. The number of aromatic nitrogens is 2. The Balaban J connectivity index is 2.14. The van der Waals surface area contributed by atoms with E-state index in [4.69, 9.17) is 0 Å². The number of carbonyl (C=O) groups is 1. The number of aromatic carboxylic acids is 1. The van der Waals surface area contributed by atoms with Gasteiger partial charge in [-0.1, -0.05) is 6.07 Å². The summed E-state index contributed by atoms with van der Waals surface area (Å²) in [7, 11) is 3.77. The molecule has 0 saturated carbocycles. The second-order valence-corrected chi connectivity index (χ2v) is 5.43. The van der Waals surface area contributed by atoms with Crippen LogP contribution in [0.3, 0.4) is 0 Å². The van der Waals surface area contributed by atoms with Gasteiger partial charge in [-0.15, -0.1) is 0 Å². The molecule has 0 aliphatic carbocycles. The lowest BCUT2D eigenvalue weighted by Gasteiger charge is -2.13. The van der Waals surface area contributed by atoms with E-state index in [-0.39, 0.29) is 0 Å². The Morgan fingerprint density at radius 3 is 2.36 bits per heavy atom. The maximum atomic E-state index is 11.2. The Labute approximate surface area is 129 Å². The first-order chi connectivity index (χ1) is 10.4. The van der Waals surface area contributed by atoms with Gasteiger partial charge in [0, 0.05) is 44.3 Å². The number of nitrogens with one attached hydrogen (secondary N) is 1. The molecule has 0 amide bonds. The first-order valence-electron chi connectivity index (χ1n) is 6.95. The fourth-order valence-electron chi connectivity index (χ4n) is 2.14. The van der Waals surface area contributed by atoms with Gasteiger partial charge in [-0.2, -0.15) is 0 Å². The maximum Gasteiger partial charge on any atom is 0.336 e. The summed E-state index contributed by atoms with van der Waals surface area (Å²) in [5.41, 5.74) is 3.82. The van der Waals surface area contributed by atoms with E-state index in [9.17, 15) is 9.90 Å². The van der Waals surface area contributed by atoms with Crippen molar-refractivity contribution in [2.24, 2.45) is 0 Å². The van der Waals surface area contributed by atoms with Crippen LogP contribution in [0.1, 0.15) is 27.0 Å². The van der Waals surface area contributed by atoms with Gasteiger partial charge >= 0.3 is 5.97 Å². The SMILES string of the molecule is Cc1cc(C)c(C(=O)O)cc1NCc1cnc(N(C)C)nc1. The molecule has 0 atom stereocenters. The fourth-order valence-corrected chi connectivity index (χ4v) is 2.14. The fraction of sp³-hybridized carbons (Fsp3) is 0.312. The second-order valence-electron chi connectivity index (χ2n) is 5.43. The highest BCUT2D eigenvalue weighted by Crippen LogP contribution is 2.21. The largest absolute Gasteiger partial charge is 0.478 e. The van der Waals surface area contributed by atoms with Crippen LogP contribution in [0.4, 0.5) is 11.6 Å². The molecule has 0 unspecified atom stereocenters. The molecule has 1 aromatic carbocycles. The topological polar surface area (TPSA) is 78.3 Å². The first kappa shape index (κ1) is 15.8. The summed E-state index contributed by atoms with van der Waals surface area (Å²) in [4.78, 5) is 21.5. The molecule has 1 aromatic heterocycles. The Hall–Kier alpha value is -2.63. The zero-order valence-electron chi connectivity index (χ0n) is 13.2. The number of aryl methyl sites for hydroxylation is 2. The van der Waals surface area contributed by atoms with Gasteiger partial charge in [0.2, 0.25) is 5.95 Å². The van der Waals surface area contributed by atoms with E-state index in [1.165, 1.54) is 0 Å². The molecule has 6 nitrogen and oxygen atoms in total. The lowest BCUT2D eigenvalue weighted by atomic mass is 10.0. The van der Waals surface area contributed by atoms with E-state index in [0.717, 1.165) is 22.4 Å². The van der Waals surface area contributed by atoms with Crippen molar-refractivity contribution in [2.45, 2.75) is 20.4 Å². The van der Waals surface area contributed by atoms with Crippen LogP contribution in [0.25, 0.3) is 0 Å². The molecule has 1 heterocycles. The van der Waals surface area contributed by atoms with Gasteiger partial charge in [-0.05, 0) is 31.0 Å². The number of hydrogen-bond donors (Lipinski definition) is 2. The lowest BCUT2D eigenvalue weighted by molar-refractivity contribution is 0.0696. The van der Waals surface area contributed by atoms with Crippen molar-refractivity contribution in [3.8, 4) is 0 Å². The smallest absolute Gasteiger partial charge is 0.336 e. The zero-order valence-corrected chi connectivity index (χ0v) is 13.2. The minimum absolute atomic E-state index is 0.312. The average Bonchev–Trinajstić information content (AvgIpc) is 2.46. The van der Waals surface area contributed by atoms with E-state index < -0.39 is 5.97 Å². The van der Waals surface area contributed by atoms with Gasteiger partial charge in [0.25, 0.3) is 0 Å². The number of rotatable bonds is 5. The van der Waals surface area contributed by atoms with Crippen LogP contribution < -0.4 is 10.2 Å². The Kier molecular flexibility index (Phi) is 4.60. The Morgan fingerprint density at radius 2 is 1.82 bits per heavy atom. The van der Waals surface area contributed by atoms with E-state index in [0.29, 0.717) is 18.1 Å². The summed E-state index contributed by atoms with van der Waals surface area (Å²) >= 11 is 0. The van der Waals surface area contributed by atoms with E-state index >= 15 is 0 Å². The number of hydrogen-bond acceptors (Lipinski definition) is 5. The van der Waals surface area contributed by atoms with Crippen LogP contribution in [-0.2, 0) is 6.54 Å². The molecule has 0 spiro atoms. The van der Waals surface area contributed by atoms with Crippen molar-refractivity contribution in [1.82, 2.24) is 9.97 Å². The number of carboxylic acids is 1. The van der Waals surface area contributed by atoms with Crippen molar-refractivity contribution in [3.63, 3.8) is 0 Å². The van der Waals surface area contributed by atoms with Gasteiger partial charge in [-0.25, -0.2) is 14.8 Å². The summed E-state index contributed by atoms with van der Waals surface area (Å²) in [6, 6.07) is 3.54. The molecule has 6 heteroatoms. The predicted octanol–water partition coefficient (Wildman–Crippen LogP) is 2.47. The van der Waals surface area contributed by atoms with E-state index in [1.54, 1.807) is 25.4 Å². The third-order valence-corrected chi connectivity index (χ3v) is 3.38. The molecule has 116 valence electrons. The summed E-state index contributed by atoms with van der Waals surface area (Å²) in [6.07, 6.45) is 3.52. The highest BCUT2D eigenvalue weighted by molar-refractivity contribution is 5.91. The van der Waals surface area contributed by atoms with Crippen LogP contribution in [0, 0.1) is 13.8 Å². The Bertz CT molecular complexity index is 681. The van der Waals surface area contributed by atoms with E-state index in [2.05, 4.69) is 15.3 Å². The minimum Gasteiger partial charge on any atom is -0.478 e. The normalized spacial score (nSPS) is 10.4. The van der Waals surface area contributed by atoms with Gasteiger partial charge in [0.05, 0.1) is 5.56 Å². The van der Waals surface area contributed by atoms with Crippen LogP contribution >= 0.6 is 0 Å². The molecule has 0 aliphatic heterocycles. The molecule has 22 heavy (non-hydrogen) atoms. The minimum atomic E-state index is -0.917.